The smallest absolute Gasteiger partial charge is 0.193 e. The Bertz CT molecular complexity index is 1290. The van der Waals surface area contributed by atoms with E-state index in [9.17, 15) is 9.59 Å². The Morgan fingerprint density at radius 2 is 1.61 bits per heavy atom. The molecule has 0 unspecified atom stereocenters. The number of Topliss-reactive ketones (excluding diaryl/α,β-unsaturated/α-hetero) is 1. The Morgan fingerprint density at radius 3 is 2.39 bits per heavy atom. The lowest BCUT2D eigenvalue weighted by Gasteiger charge is -2.05. The molecule has 3 heteroatoms. The van der Waals surface area contributed by atoms with Crippen molar-refractivity contribution in [3.63, 3.8) is 0 Å². The van der Waals surface area contributed by atoms with Gasteiger partial charge in [0.1, 0.15) is 0 Å². The molecular formula is C28H21NO2. The molecule has 0 atom stereocenters. The number of allylic oxidation sites excluding steroid dienone is 2. The first kappa shape index (κ1) is 20.2. The zero-order valence-corrected chi connectivity index (χ0v) is 17.0. The molecular weight excluding hydrogens is 382 g/mol. The second-order valence-electron chi connectivity index (χ2n) is 7.33. The molecule has 0 amide bonds. The van der Waals surface area contributed by atoms with E-state index in [1.807, 2.05) is 72.9 Å². The topological polar surface area (TPSA) is 47.0 Å². The average Bonchev–Trinajstić information content (AvgIpc) is 2.82. The molecule has 0 saturated heterocycles. The van der Waals surface area contributed by atoms with Gasteiger partial charge in [0, 0.05) is 35.3 Å². The maximum Gasteiger partial charge on any atom is 0.193 e. The van der Waals surface area contributed by atoms with Crippen molar-refractivity contribution in [1.82, 2.24) is 4.98 Å². The van der Waals surface area contributed by atoms with Gasteiger partial charge in [-0.1, -0.05) is 85.5 Å². The van der Waals surface area contributed by atoms with Gasteiger partial charge in [0.05, 0.1) is 0 Å². The van der Waals surface area contributed by atoms with Gasteiger partial charge in [0.15, 0.2) is 11.6 Å². The molecule has 0 aliphatic heterocycles. The first-order valence-electron chi connectivity index (χ1n) is 10.0. The van der Waals surface area contributed by atoms with Crippen LogP contribution < -0.4 is 0 Å². The molecule has 4 aromatic rings. The van der Waals surface area contributed by atoms with Crippen LogP contribution in [0.5, 0.6) is 0 Å². The molecule has 0 aliphatic carbocycles. The molecule has 150 valence electrons. The van der Waals surface area contributed by atoms with Crippen LogP contribution in [0, 0.1) is 0 Å². The Kier molecular flexibility index (Phi) is 5.95. The van der Waals surface area contributed by atoms with E-state index in [-0.39, 0.29) is 11.6 Å². The van der Waals surface area contributed by atoms with Gasteiger partial charge in [0.25, 0.3) is 0 Å². The SMILES string of the molecule is C=C(C(=O)c1ccc(/C=C/C(=O)Cc2ccc3cnccc3c2)cc1)c1ccccc1. The van der Waals surface area contributed by atoms with Crippen molar-refractivity contribution in [1.29, 1.82) is 0 Å². The Hall–Kier alpha value is -4.11. The van der Waals surface area contributed by atoms with Crippen molar-refractivity contribution in [3.05, 3.63) is 126 Å². The van der Waals surface area contributed by atoms with Crippen molar-refractivity contribution < 1.29 is 9.59 Å². The van der Waals surface area contributed by atoms with E-state index in [1.165, 1.54) is 0 Å². The predicted molar refractivity (Wildman–Crippen MR) is 126 cm³/mol. The lowest BCUT2D eigenvalue weighted by Crippen LogP contribution is -2.01. The number of carbonyl (C=O) groups is 2. The second kappa shape index (κ2) is 9.14. The van der Waals surface area contributed by atoms with Gasteiger partial charge in [-0.05, 0) is 34.2 Å². The van der Waals surface area contributed by atoms with Crippen LogP contribution in [0.1, 0.15) is 27.0 Å². The fraction of sp³-hybridized carbons (Fsp3) is 0.0357. The van der Waals surface area contributed by atoms with Crippen LogP contribution in [0.4, 0.5) is 0 Å². The molecule has 3 nitrogen and oxygen atoms in total. The minimum absolute atomic E-state index is 0.0195. The summed E-state index contributed by atoms with van der Waals surface area (Å²) >= 11 is 0. The highest BCUT2D eigenvalue weighted by atomic mass is 16.1. The van der Waals surface area contributed by atoms with E-state index in [1.54, 1.807) is 30.5 Å². The number of ketones is 2. The number of hydrogen-bond acceptors (Lipinski definition) is 3. The number of carbonyl (C=O) groups excluding carboxylic acids is 2. The summed E-state index contributed by atoms with van der Waals surface area (Å²) in [5.41, 5.74) is 3.67. The first-order valence-corrected chi connectivity index (χ1v) is 10.0. The van der Waals surface area contributed by atoms with Gasteiger partial charge in [-0.15, -0.1) is 0 Å². The molecule has 0 saturated carbocycles. The normalized spacial score (nSPS) is 11.0. The number of fused-ring (bicyclic) bond motifs is 1. The monoisotopic (exact) mass is 403 g/mol. The van der Waals surface area contributed by atoms with Crippen LogP contribution in [0.2, 0.25) is 0 Å². The van der Waals surface area contributed by atoms with Crippen LogP contribution >= 0.6 is 0 Å². The summed E-state index contributed by atoms with van der Waals surface area (Å²) in [5.74, 6) is -0.0877. The van der Waals surface area contributed by atoms with Gasteiger partial charge < -0.3 is 0 Å². The van der Waals surface area contributed by atoms with Crippen LogP contribution in [0.15, 0.2) is 104 Å². The molecule has 1 aromatic heterocycles. The van der Waals surface area contributed by atoms with Gasteiger partial charge in [0.2, 0.25) is 0 Å². The second-order valence-corrected chi connectivity index (χ2v) is 7.33. The predicted octanol–water partition coefficient (Wildman–Crippen LogP) is 5.96. The van der Waals surface area contributed by atoms with E-state index in [0.29, 0.717) is 17.6 Å². The van der Waals surface area contributed by atoms with Crippen molar-refractivity contribution in [2.45, 2.75) is 6.42 Å². The quantitative estimate of drug-likeness (QED) is 0.283. The number of pyridine rings is 1. The molecule has 4 rings (SSSR count). The van der Waals surface area contributed by atoms with Crippen molar-refractivity contribution in [2.24, 2.45) is 0 Å². The Labute approximate surface area is 181 Å². The van der Waals surface area contributed by atoms with Gasteiger partial charge in [-0.25, -0.2) is 0 Å². The van der Waals surface area contributed by atoms with Crippen molar-refractivity contribution in [3.8, 4) is 0 Å². The summed E-state index contributed by atoms with van der Waals surface area (Å²) in [7, 11) is 0. The van der Waals surface area contributed by atoms with E-state index in [0.717, 1.165) is 27.5 Å². The number of hydrogen-bond donors (Lipinski definition) is 0. The van der Waals surface area contributed by atoms with Crippen LogP contribution in [-0.4, -0.2) is 16.6 Å². The van der Waals surface area contributed by atoms with E-state index >= 15 is 0 Å². The van der Waals surface area contributed by atoms with Crippen LogP contribution in [-0.2, 0) is 11.2 Å². The Balaban J connectivity index is 1.40. The zero-order valence-electron chi connectivity index (χ0n) is 17.0. The van der Waals surface area contributed by atoms with Crippen LogP contribution in [0.3, 0.4) is 0 Å². The summed E-state index contributed by atoms with van der Waals surface area (Å²) in [6, 6.07) is 24.5. The molecule has 0 radical (unpaired) electrons. The van der Waals surface area contributed by atoms with Crippen molar-refractivity contribution >= 4 is 34.0 Å². The average molecular weight is 403 g/mol. The number of nitrogens with zero attached hydrogens (tertiary/aromatic N) is 1. The molecule has 31 heavy (non-hydrogen) atoms. The van der Waals surface area contributed by atoms with Crippen LogP contribution in [0.25, 0.3) is 22.4 Å². The third-order valence-electron chi connectivity index (χ3n) is 5.11. The maximum absolute atomic E-state index is 12.6. The summed E-state index contributed by atoms with van der Waals surface area (Å²) in [4.78, 5) is 29.1. The number of benzene rings is 3. The molecule has 0 fully saturated rings. The lowest BCUT2D eigenvalue weighted by molar-refractivity contribution is -0.113. The summed E-state index contributed by atoms with van der Waals surface area (Å²) in [6.07, 6.45) is 7.24. The Morgan fingerprint density at radius 1 is 0.839 bits per heavy atom. The molecule has 0 spiro atoms. The van der Waals surface area contributed by atoms with Crippen molar-refractivity contribution in [2.75, 3.05) is 0 Å². The molecule has 0 bridgehead atoms. The zero-order chi connectivity index (χ0) is 21.6. The lowest BCUT2D eigenvalue weighted by atomic mass is 9.97. The highest BCUT2D eigenvalue weighted by Gasteiger charge is 2.11. The highest BCUT2D eigenvalue weighted by Crippen LogP contribution is 2.19. The maximum atomic E-state index is 12.6. The van der Waals surface area contributed by atoms with Gasteiger partial charge in [-0.3, -0.25) is 14.6 Å². The van der Waals surface area contributed by atoms with E-state index in [4.69, 9.17) is 0 Å². The minimum atomic E-state index is -0.107. The molecule has 0 N–H and O–H groups in total. The fourth-order valence-corrected chi connectivity index (χ4v) is 3.38. The summed E-state index contributed by atoms with van der Waals surface area (Å²) in [6.45, 7) is 3.93. The van der Waals surface area contributed by atoms with Gasteiger partial charge in [-0.2, -0.15) is 0 Å². The number of rotatable bonds is 7. The molecule has 0 aliphatic rings. The highest BCUT2D eigenvalue weighted by molar-refractivity contribution is 6.28. The first-order chi connectivity index (χ1) is 15.1. The third kappa shape index (κ3) is 4.90. The van der Waals surface area contributed by atoms with Gasteiger partial charge >= 0.3 is 0 Å². The number of aromatic nitrogens is 1. The third-order valence-corrected chi connectivity index (χ3v) is 5.11. The standard InChI is InChI=1S/C28H21NO2/c1-20(23-5-3-2-4-6-23)28(31)24-11-7-21(8-12-24)10-14-27(30)18-22-9-13-26-19-29-16-15-25(26)17-22/h2-17,19H,1,18H2/b14-10+. The summed E-state index contributed by atoms with van der Waals surface area (Å²) < 4.78 is 0. The largest absolute Gasteiger partial charge is 0.294 e. The minimum Gasteiger partial charge on any atom is -0.294 e. The summed E-state index contributed by atoms with van der Waals surface area (Å²) in [5, 5.41) is 2.13. The fourth-order valence-electron chi connectivity index (χ4n) is 3.38. The molecule has 3 aromatic carbocycles. The van der Waals surface area contributed by atoms with E-state index in [2.05, 4.69) is 11.6 Å². The van der Waals surface area contributed by atoms with E-state index < -0.39 is 0 Å². The molecule has 1 heterocycles.